The van der Waals surface area contributed by atoms with Crippen molar-refractivity contribution >= 4 is 11.9 Å². The van der Waals surface area contributed by atoms with Gasteiger partial charge in [-0.2, -0.15) is 0 Å². The van der Waals surface area contributed by atoms with Crippen LogP contribution in [0.1, 0.15) is 43.7 Å². The van der Waals surface area contributed by atoms with E-state index in [0.717, 1.165) is 24.8 Å². The van der Waals surface area contributed by atoms with E-state index in [0.29, 0.717) is 12.8 Å². The molecule has 1 amide bonds. The quantitative estimate of drug-likeness (QED) is 0.676. The lowest BCUT2D eigenvalue weighted by molar-refractivity contribution is -0.149. The number of hydrazine groups is 1. The summed E-state index contributed by atoms with van der Waals surface area (Å²) in [5.74, 6) is -1.98. The fourth-order valence-corrected chi connectivity index (χ4v) is 3.57. The Morgan fingerprint density at radius 1 is 1.04 bits per heavy atom. The third-order valence-electron chi connectivity index (χ3n) is 4.84. The van der Waals surface area contributed by atoms with Gasteiger partial charge in [0, 0.05) is 12.5 Å². The van der Waals surface area contributed by atoms with Crippen molar-refractivity contribution in [3.8, 4) is 0 Å². The summed E-state index contributed by atoms with van der Waals surface area (Å²) in [5, 5.41) is 12.3. The summed E-state index contributed by atoms with van der Waals surface area (Å²) < 4.78 is 0. The lowest BCUT2D eigenvalue weighted by atomic mass is 9.78. The first kappa shape index (κ1) is 16.0. The molecule has 0 aromatic heterocycles. The number of nitrogens with one attached hydrogen (secondary N) is 3. The standard InChI is InChI=1S/C17H23N3O3/c21-16(12-8-4-5-9-13(12)17(22)23)18-15-10-14(19-20-15)11-6-2-1-3-7-11/h1-3,6-7,12-15,19-20H,4-5,8-10H2,(H,18,21)(H,22,23). The minimum absolute atomic E-state index is 0.142. The smallest absolute Gasteiger partial charge is 0.307 e. The number of hydrogen-bond acceptors (Lipinski definition) is 4. The molecule has 4 N–H and O–H groups in total. The van der Waals surface area contributed by atoms with Gasteiger partial charge < -0.3 is 10.4 Å². The van der Waals surface area contributed by atoms with Gasteiger partial charge >= 0.3 is 5.97 Å². The van der Waals surface area contributed by atoms with Crippen LogP contribution in [0, 0.1) is 11.8 Å². The van der Waals surface area contributed by atoms with E-state index in [1.165, 1.54) is 0 Å². The zero-order chi connectivity index (χ0) is 16.2. The number of carboxylic acids is 1. The zero-order valence-corrected chi connectivity index (χ0v) is 13.0. The van der Waals surface area contributed by atoms with Gasteiger partial charge in [0.05, 0.1) is 18.0 Å². The monoisotopic (exact) mass is 317 g/mol. The predicted octanol–water partition coefficient (Wildman–Crippen LogP) is 1.56. The Morgan fingerprint density at radius 2 is 1.74 bits per heavy atom. The Hall–Kier alpha value is -1.92. The van der Waals surface area contributed by atoms with E-state index in [-0.39, 0.29) is 18.1 Å². The summed E-state index contributed by atoms with van der Waals surface area (Å²) in [5.41, 5.74) is 7.44. The molecule has 0 bridgehead atoms. The minimum Gasteiger partial charge on any atom is -0.481 e. The van der Waals surface area contributed by atoms with Crippen molar-refractivity contribution in [3.05, 3.63) is 35.9 Å². The molecule has 1 aliphatic heterocycles. The number of amides is 1. The molecular formula is C17H23N3O3. The maximum atomic E-state index is 12.5. The summed E-state index contributed by atoms with van der Waals surface area (Å²) in [6.07, 6.45) is 3.62. The number of carboxylic acid groups (broad SMARTS) is 1. The molecule has 3 rings (SSSR count). The van der Waals surface area contributed by atoms with Crippen molar-refractivity contribution in [1.29, 1.82) is 0 Å². The van der Waals surface area contributed by atoms with Crippen LogP contribution >= 0.6 is 0 Å². The van der Waals surface area contributed by atoms with Crippen LogP contribution < -0.4 is 16.2 Å². The number of carbonyl (C=O) groups is 2. The maximum absolute atomic E-state index is 12.5. The highest BCUT2D eigenvalue weighted by atomic mass is 16.4. The molecule has 23 heavy (non-hydrogen) atoms. The molecule has 1 aromatic carbocycles. The highest BCUT2D eigenvalue weighted by Gasteiger charge is 2.37. The minimum atomic E-state index is -0.857. The third-order valence-corrected chi connectivity index (χ3v) is 4.84. The lowest BCUT2D eigenvalue weighted by Crippen LogP contribution is -2.48. The molecule has 0 radical (unpaired) electrons. The van der Waals surface area contributed by atoms with Crippen molar-refractivity contribution in [1.82, 2.24) is 16.2 Å². The number of hydrogen-bond donors (Lipinski definition) is 4. The summed E-state index contributed by atoms with van der Waals surface area (Å²) in [6.45, 7) is 0. The van der Waals surface area contributed by atoms with Gasteiger partial charge in [-0.05, 0) is 18.4 Å². The normalized spacial score (nSPS) is 30.8. The van der Waals surface area contributed by atoms with E-state index in [1.54, 1.807) is 0 Å². The second-order valence-electron chi connectivity index (χ2n) is 6.38. The van der Waals surface area contributed by atoms with Crippen molar-refractivity contribution < 1.29 is 14.7 Å². The SMILES string of the molecule is O=C(O)C1CCCCC1C(=O)NC1CC(c2ccccc2)NN1. The topological polar surface area (TPSA) is 90.5 Å². The van der Waals surface area contributed by atoms with Gasteiger partial charge in [0.1, 0.15) is 0 Å². The van der Waals surface area contributed by atoms with Gasteiger partial charge in [0.25, 0.3) is 0 Å². The van der Waals surface area contributed by atoms with Crippen molar-refractivity contribution in [2.75, 3.05) is 0 Å². The summed E-state index contributed by atoms with van der Waals surface area (Å²) in [7, 11) is 0. The van der Waals surface area contributed by atoms with Crippen LogP contribution in [-0.2, 0) is 9.59 Å². The molecule has 2 fully saturated rings. The highest BCUT2D eigenvalue weighted by Crippen LogP contribution is 2.31. The largest absolute Gasteiger partial charge is 0.481 e. The van der Waals surface area contributed by atoms with Crippen molar-refractivity contribution in [3.63, 3.8) is 0 Å². The maximum Gasteiger partial charge on any atom is 0.307 e. The molecule has 6 nitrogen and oxygen atoms in total. The molecule has 124 valence electrons. The van der Waals surface area contributed by atoms with Gasteiger partial charge in [-0.3, -0.25) is 9.59 Å². The van der Waals surface area contributed by atoms with Crippen LogP contribution in [0.3, 0.4) is 0 Å². The molecule has 2 aliphatic rings. The predicted molar refractivity (Wildman–Crippen MR) is 85.1 cm³/mol. The first-order valence-electron chi connectivity index (χ1n) is 8.24. The molecular weight excluding hydrogens is 294 g/mol. The van der Waals surface area contributed by atoms with Crippen LogP contribution in [0.4, 0.5) is 0 Å². The molecule has 1 saturated carbocycles. The Bertz CT molecular complexity index is 563. The zero-order valence-electron chi connectivity index (χ0n) is 13.0. The Balaban J connectivity index is 1.57. The molecule has 4 unspecified atom stereocenters. The van der Waals surface area contributed by atoms with Crippen LogP contribution in [0.5, 0.6) is 0 Å². The van der Waals surface area contributed by atoms with Gasteiger partial charge in [-0.1, -0.05) is 43.2 Å². The highest BCUT2D eigenvalue weighted by molar-refractivity contribution is 5.85. The number of carbonyl (C=O) groups excluding carboxylic acids is 1. The summed E-state index contributed by atoms with van der Waals surface area (Å²) >= 11 is 0. The molecule has 0 spiro atoms. The van der Waals surface area contributed by atoms with Crippen LogP contribution in [0.15, 0.2) is 30.3 Å². The van der Waals surface area contributed by atoms with Crippen LogP contribution in [0.2, 0.25) is 0 Å². The Morgan fingerprint density at radius 3 is 2.43 bits per heavy atom. The molecule has 6 heteroatoms. The van der Waals surface area contributed by atoms with Gasteiger partial charge in [-0.25, -0.2) is 10.9 Å². The first-order chi connectivity index (χ1) is 11.1. The number of benzene rings is 1. The number of rotatable bonds is 4. The molecule has 4 atom stereocenters. The van der Waals surface area contributed by atoms with Crippen LogP contribution in [-0.4, -0.2) is 23.1 Å². The average Bonchev–Trinajstić information content (AvgIpc) is 3.04. The van der Waals surface area contributed by atoms with E-state index < -0.39 is 17.8 Å². The fourth-order valence-electron chi connectivity index (χ4n) is 3.57. The second-order valence-corrected chi connectivity index (χ2v) is 6.38. The van der Waals surface area contributed by atoms with E-state index >= 15 is 0 Å². The van der Waals surface area contributed by atoms with Crippen molar-refractivity contribution in [2.24, 2.45) is 11.8 Å². The van der Waals surface area contributed by atoms with E-state index in [1.807, 2.05) is 30.3 Å². The van der Waals surface area contributed by atoms with Crippen LogP contribution in [0.25, 0.3) is 0 Å². The lowest BCUT2D eigenvalue weighted by Gasteiger charge is -2.28. The molecule has 1 aromatic rings. The van der Waals surface area contributed by atoms with Gasteiger partial charge in [-0.15, -0.1) is 0 Å². The third kappa shape index (κ3) is 3.71. The number of aliphatic carboxylic acids is 1. The van der Waals surface area contributed by atoms with Crippen molar-refractivity contribution in [2.45, 2.75) is 44.3 Å². The van der Waals surface area contributed by atoms with Gasteiger partial charge in [0.2, 0.25) is 5.91 Å². The molecule has 1 heterocycles. The molecule has 1 saturated heterocycles. The Kier molecular flexibility index (Phi) is 4.93. The van der Waals surface area contributed by atoms with E-state index in [2.05, 4.69) is 16.2 Å². The molecule has 1 aliphatic carbocycles. The fraction of sp³-hybridized carbons (Fsp3) is 0.529. The first-order valence-corrected chi connectivity index (χ1v) is 8.24. The summed E-state index contributed by atoms with van der Waals surface area (Å²) in [6, 6.07) is 10.2. The van der Waals surface area contributed by atoms with Gasteiger partial charge in [0.15, 0.2) is 0 Å². The average molecular weight is 317 g/mol. The van der Waals surface area contributed by atoms with E-state index in [4.69, 9.17) is 0 Å². The summed E-state index contributed by atoms with van der Waals surface area (Å²) in [4.78, 5) is 23.8. The Labute approximate surface area is 135 Å². The second kappa shape index (κ2) is 7.10. The van der Waals surface area contributed by atoms with E-state index in [9.17, 15) is 14.7 Å².